The number of hydrogen-bond donors (Lipinski definition) is 2. The molecule has 0 amide bonds. The molecule has 1 rings (SSSR count). The summed E-state index contributed by atoms with van der Waals surface area (Å²) in [4.78, 5) is 21.5. The molecule has 1 aromatic rings. The van der Waals surface area contributed by atoms with Gasteiger partial charge in [-0.25, -0.2) is 4.79 Å². The normalized spacial score (nSPS) is 11.0. The van der Waals surface area contributed by atoms with E-state index in [0.29, 0.717) is 30.8 Å². The lowest BCUT2D eigenvalue weighted by Gasteiger charge is -2.11. The Labute approximate surface area is 116 Å². The van der Waals surface area contributed by atoms with E-state index in [2.05, 4.69) is 0 Å². The van der Waals surface area contributed by atoms with Crippen LogP contribution in [0.4, 0.5) is 0 Å². The lowest BCUT2D eigenvalue weighted by molar-refractivity contribution is -0.146. The molecule has 0 bridgehead atoms. The predicted octanol–water partition coefficient (Wildman–Crippen LogP) is 2.04. The van der Waals surface area contributed by atoms with E-state index < -0.39 is 17.5 Å². The van der Waals surface area contributed by atoms with Gasteiger partial charge in [0.25, 0.3) is 5.78 Å². The number of carbonyl (C=O) groups is 2. The van der Waals surface area contributed by atoms with Crippen LogP contribution in [0.5, 0.6) is 11.5 Å². The maximum Gasteiger partial charge on any atom is 0.376 e. The lowest BCUT2D eigenvalue weighted by atomic mass is 10.1. The molecule has 6 nitrogen and oxygen atoms in total. The minimum Gasteiger partial charge on any atom is -0.507 e. The molecule has 0 atom stereocenters. The molecule has 2 N–H and O–H groups in total. The van der Waals surface area contributed by atoms with Crippen LogP contribution in [0.2, 0.25) is 0 Å². The van der Waals surface area contributed by atoms with Crippen molar-refractivity contribution in [1.29, 1.82) is 0 Å². The largest absolute Gasteiger partial charge is 0.507 e. The third-order valence-corrected chi connectivity index (χ3v) is 2.32. The van der Waals surface area contributed by atoms with Crippen LogP contribution in [-0.4, -0.2) is 35.2 Å². The molecule has 0 aliphatic rings. The Bertz CT molecular complexity index is 532. The van der Waals surface area contributed by atoms with Gasteiger partial charge in [0.15, 0.2) is 0 Å². The lowest BCUT2D eigenvalue weighted by Crippen LogP contribution is -2.09. The van der Waals surface area contributed by atoms with Gasteiger partial charge in [-0.1, -0.05) is 0 Å². The Balaban J connectivity index is 3.15. The van der Waals surface area contributed by atoms with Gasteiger partial charge < -0.3 is 19.7 Å². The molecular formula is C14H16O6. The Morgan fingerprint density at radius 3 is 2.35 bits per heavy atom. The highest BCUT2D eigenvalue weighted by molar-refractivity contribution is 6.38. The highest BCUT2D eigenvalue weighted by Crippen LogP contribution is 2.29. The van der Waals surface area contributed by atoms with Gasteiger partial charge in [0.1, 0.15) is 17.3 Å². The second kappa shape index (κ2) is 7.18. The topological polar surface area (TPSA) is 93.1 Å². The maximum atomic E-state index is 11.1. The van der Waals surface area contributed by atoms with Gasteiger partial charge in [-0.05, 0) is 26.0 Å². The van der Waals surface area contributed by atoms with Gasteiger partial charge in [-0.2, -0.15) is 0 Å². The zero-order valence-electron chi connectivity index (χ0n) is 11.3. The average Bonchev–Trinajstić information content (AvgIpc) is 2.39. The fourth-order valence-corrected chi connectivity index (χ4v) is 1.51. The summed E-state index contributed by atoms with van der Waals surface area (Å²) in [6, 6.07) is 4.66. The van der Waals surface area contributed by atoms with Crippen molar-refractivity contribution >= 4 is 17.5 Å². The number of rotatable bonds is 7. The molecule has 20 heavy (non-hydrogen) atoms. The summed E-state index contributed by atoms with van der Waals surface area (Å²) >= 11 is 0. The van der Waals surface area contributed by atoms with Crippen molar-refractivity contribution in [1.82, 2.24) is 0 Å². The molecule has 0 fully saturated rings. The van der Waals surface area contributed by atoms with Gasteiger partial charge in [0.05, 0.1) is 18.8 Å². The number of carboxylic acid groups (broad SMARTS) is 1. The van der Waals surface area contributed by atoms with Gasteiger partial charge >= 0.3 is 5.97 Å². The quantitative estimate of drug-likeness (QED) is 0.451. The molecule has 108 valence electrons. The predicted molar refractivity (Wildman–Crippen MR) is 72.0 cm³/mol. The third kappa shape index (κ3) is 4.01. The molecule has 0 radical (unpaired) electrons. The minimum absolute atomic E-state index is 0.227. The Kier molecular flexibility index (Phi) is 5.58. The summed E-state index contributed by atoms with van der Waals surface area (Å²) in [7, 11) is 0. The fraction of sp³-hybridized carbons (Fsp3) is 0.286. The van der Waals surface area contributed by atoms with E-state index in [1.807, 2.05) is 6.92 Å². The monoisotopic (exact) mass is 280 g/mol. The Hall–Kier alpha value is -2.50. The van der Waals surface area contributed by atoms with Gasteiger partial charge in [0.2, 0.25) is 0 Å². The van der Waals surface area contributed by atoms with Crippen LogP contribution in [0.1, 0.15) is 19.4 Å². The zero-order valence-corrected chi connectivity index (χ0v) is 11.3. The molecule has 0 aliphatic carbocycles. The third-order valence-electron chi connectivity index (χ3n) is 2.32. The number of carboxylic acids is 1. The van der Waals surface area contributed by atoms with Gasteiger partial charge in [-0.15, -0.1) is 0 Å². The summed E-state index contributed by atoms with van der Waals surface area (Å²) in [6.45, 7) is 4.42. The van der Waals surface area contributed by atoms with Crippen molar-refractivity contribution < 1.29 is 29.3 Å². The molecular weight excluding hydrogens is 264 g/mol. The molecule has 0 aromatic heterocycles. The molecule has 0 spiro atoms. The van der Waals surface area contributed by atoms with Crippen LogP contribution in [0.25, 0.3) is 5.76 Å². The van der Waals surface area contributed by atoms with E-state index in [-0.39, 0.29) is 5.56 Å². The van der Waals surface area contributed by atoms with E-state index in [1.54, 1.807) is 19.1 Å². The molecule has 0 heterocycles. The van der Waals surface area contributed by atoms with Crippen LogP contribution in [-0.2, 0) is 9.59 Å². The molecule has 0 saturated carbocycles. The van der Waals surface area contributed by atoms with E-state index in [9.17, 15) is 14.7 Å². The molecule has 0 saturated heterocycles. The first-order chi connectivity index (χ1) is 9.49. The number of carbonyl (C=O) groups excluding carboxylic acids is 1. The summed E-state index contributed by atoms with van der Waals surface area (Å²) in [6.07, 6.45) is 0.639. The second-order valence-electron chi connectivity index (χ2n) is 3.72. The van der Waals surface area contributed by atoms with Crippen LogP contribution < -0.4 is 9.47 Å². The first kappa shape index (κ1) is 15.6. The summed E-state index contributed by atoms with van der Waals surface area (Å²) in [5, 5.41) is 18.3. The second-order valence-corrected chi connectivity index (χ2v) is 3.72. The van der Waals surface area contributed by atoms with Crippen molar-refractivity contribution in [3.05, 3.63) is 29.8 Å². The van der Waals surface area contributed by atoms with Crippen molar-refractivity contribution in [3.63, 3.8) is 0 Å². The first-order valence-electron chi connectivity index (χ1n) is 6.07. The minimum atomic E-state index is -1.64. The number of hydrogen-bond acceptors (Lipinski definition) is 5. The van der Waals surface area contributed by atoms with Crippen LogP contribution >= 0.6 is 0 Å². The van der Waals surface area contributed by atoms with Crippen molar-refractivity contribution in [2.24, 2.45) is 0 Å². The van der Waals surface area contributed by atoms with Crippen molar-refractivity contribution in [2.45, 2.75) is 13.8 Å². The number of ether oxygens (including phenoxy) is 2. The first-order valence-corrected chi connectivity index (χ1v) is 6.07. The standard InChI is InChI=1S/C14H16O6/c1-3-19-9-5-6-10(13(7-9)20-4-2)11(15)8-12(16)14(17)18/h5-8,15H,3-4H2,1-2H3,(H,17,18)/b11-8-. The zero-order chi connectivity index (χ0) is 15.1. The summed E-state index contributed by atoms with van der Waals surface area (Å²) < 4.78 is 10.7. The van der Waals surface area contributed by atoms with E-state index in [4.69, 9.17) is 14.6 Å². The Morgan fingerprint density at radius 1 is 1.15 bits per heavy atom. The smallest absolute Gasteiger partial charge is 0.376 e. The summed E-state index contributed by atoms with van der Waals surface area (Å²) in [5.74, 6) is -2.45. The number of aliphatic hydroxyl groups is 1. The number of aliphatic hydroxyl groups excluding tert-OH is 1. The number of aliphatic carboxylic acids is 1. The van der Waals surface area contributed by atoms with Crippen LogP contribution in [0, 0.1) is 0 Å². The van der Waals surface area contributed by atoms with Gasteiger partial charge in [0, 0.05) is 12.1 Å². The molecule has 1 aromatic carbocycles. The van der Waals surface area contributed by atoms with E-state index in [0.717, 1.165) is 0 Å². The maximum absolute atomic E-state index is 11.1. The SMILES string of the molecule is CCOc1ccc(/C(O)=C/C(=O)C(=O)O)c(OCC)c1. The fourth-order valence-electron chi connectivity index (χ4n) is 1.51. The molecule has 0 aliphatic heterocycles. The van der Waals surface area contributed by atoms with Crippen molar-refractivity contribution in [2.75, 3.05) is 13.2 Å². The van der Waals surface area contributed by atoms with Gasteiger partial charge in [-0.3, -0.25) is 4.79 Å². The highest BCUT2D eigenvalue weighted by Gasteiger charge is 2.14. The van der Waals surface area contributed by atoms with Crippen LogP contribution in [0.3, 0.4) is 0 Å². The van der Waals surface area contributed by atoms with Crippen LogP contribution in [0.15, 0.2) is 24.3 Å². The van der Waals surface area contributed by atoms with E-state index in [1.165, 1.54) is 6.07 Å². The number of ketones is 1. The van der Waals surface area contributed by atoms with Crippen molar-refractivity contribution in [3.8, 4) is 11.5 Å². The summed E-state index contributed by atoms with van der Waals surface area (Å²) in [5.41, 5.74) is 0.227. The Morgan fingerprint density at radius 2 is 1.80 bits per heavy atom. The highest BCUT2D eigenvalue weighted by atomic mass is 16.5. The molecule has 0 unspecified atom stereocenters. The average molecular weight is 280 g/mol. The van der Waals surface area contributed by atoms with E-state index >= 15 is 0 Å². The number of benzene rings is 1. The molecule has 6 heteroatoms.